The summed E-state index contributed by atoms with van der Waals surface area (Å²) < 4.78 is 23.1. The van der Waals surface area contributed by atoms with E-state index in [9.17, 15) is 13.2 Å². The highest BCUT2D eigenvalue weighted by Crippen LogP contribution is 2.11. The van der Waals surface area contributed by atoms with E-state index in [-0.39, 0.29) is 23.1 Å². The summed E-state index contributed by atoms with van der Waals surface area (Å²) in [6.07, 6.45) is 1.44. The maximum Gasteiger partial charge on any atom is 0.272 e. The summed E-state index contributed by atoms with van der Waals surface area (Å²) in [5, 5.41) is 0.417. The SMILES string of the molecule is CCS(=O)(=O)C[C@@H](C)N(C)C(=O)c1cc(Cl)ccn1. The molecule has 0 saturated heterocycles. The third-order valence-electron chi connectivity index (χ3n) is 2.86. The van der Waals surface area contributed by atoms with Crippen LogP contribution in [0.15, 0.2) is 18.3 Å². The zero-order valence-electron chi connectivity index (χ0n) is 11.1. The average Bonchev–Trinajstić information content (AvgIpc) is 2.36. The van der Waals surface area contributed by atoms with Crippen molar-refractivity contribution < 1.29 is 13.2 Å². The van der Waals surface area contributed by atoms with Gasteiger partial charge in [-0.05, 0) is 19.1 Å². The van der Waals surface area contributed by atoms with Gasteiger partial charge < -0.3 is 4.90 Å². The molecule has 0 aliphatic rings. The number of hydrogen-bond donors (Lipinski definition) is 0. The molecule has 0 radical (unpaired) electrons. The molecule has 0 fully saturated rings. The number of halogens is 1. The first kappa shape index (κ1) is 15.9. The van der Waals surface area contributed by atoms with Crippen LogP contribution in [0.3, 0.4) is 0 Å². The van der Waals surface area contributed by atoms with Gasteiger partial charge in [-0.3, -0.25) is 9.78 Å². The molecule has 1 aromatic rings. The Morgan fingerprint density at radius 1 is 1.53 bits per heavy atom. The molecule has 0 unspecified atom stereocenters. The van der Waals surface area contributed by atoms with E-state index in [1.165, 1.54) is 17.2 Å². The zero-order valence-corrected chi connectivity index (χ0v) is 12.7. The molecule has 0 saturated carbocycles. The van der Waals surface area contributed by atoms with Gasteiger partial charge in [0, 0.05) is 30.1 Å². The van der Waals surface area contributed by atoms with E-state index in [1.807, 2.05) is 0 Å². The number of aromatic nitrogens is 1. The van der Waals surface area contributed by atoms with Gasteiger partial charge in [-0.2, -0.15) is 0 Å². The van der Waals surface area contributed by atoms with Crippen molar-refractivity contribution in [3.63, 3.8) is 0 Å². The summed E-state index contributed by atoms with van der Waals surface area (Å²) in [6.45, 7) is 3.28. The molecule has 1 heterocycles. The van der Waals surface area contributed by atoms with Crippen molar-refractivity contribution in [2.24, 2.45) is 0 Å². The number of pyridine rings is 1. The molecule has 0 aromatic carbocycles. The van der Waals surface area contributed by atoms with Crippen molar-refractivity contribution >= 4 is 27.3 Å². The van der Waals surface area contributed by atoms with Crippen molar-refractivity contribution in [2.45, 2.75) is 19.9 Å². The van der Waals surface area contributed by atoms with Gasteiger partial charge in [-0.1, -0.05) is 18.5 Å². The molecular weight excluding hydrogens is 288 g/mol. The minimum absolute atomic E-state index is 0.0632. The summed E-state index contributed by atoms with van der Waals surface area (Å²) in [4.78, 5) is 17.4. The number of carbonyl (C=O) groups excluding carboxylic acids is 1. The Morgan fingerprint density at radius 2 is 2.16 bits per heavy atom. The van der Waals surface area contributed by atoms with Gasteiger partial charge in [0.25, 0.3) is 5.91 Å². The lowest BCUT2D eigenvalue weighted by atomic mass is 10.2. The van der Waals surface area contributed by atoms with Crippen LogP contribution in [0.1, 0.15) is 24.3 Å². The van der Waals surface area contributed by atoms with Crippen LogP contribution in [-0.4, -0.2) is 48.8 Å². The van der Waals surface area contributed by atoms with Crippen molar-refractivity contribution in [2.75, 3.05) is 18.6 Å². The van der Waals surface area contributed by atoms with Gasteiger partial charge in [-0.25, -0.2) is 8.42 Å². The van der Waals surface area contributed by atoms with Gasteiger partial charge in [0.15, 0.2) is 9.84 Å². The predicted octanol–water partition coefficient (Wildman–Crippen LogP) is 1.63. The van der Waals surface area contributed by atoms with E-state index in [4.69, 9.17) is 11.6 Å². The molecule has 106 valence electrons. The van der Waals surface area contributed by atoms with Gasteiger partial charge in [0.1, 0.15) is 5.69 Å². The first-order chi connectivity index (χ1) is 8.76. The Bertz CT molecular complexity index is 560. The molecule has 0 aliphatic heterocycles. The number of carbonyl (C=O) groups is 1. The Labute approximate surface area is 118 Å². The molecule has 19 heavy (non-hydrogen) atoms. The molecule has 1 amide bonds. The Hall–Kier alpha value is -1.14. The second-order valence-electron chi connectivity index (χ2n) is 4.32. The van der Waals surface area contributed by atoms with Gasteiger partial charge in [-0.15, -0.1) is 0 Å². The molecule has 0 aliphatic carbocycles. The fourth-order valence-corrected chi connectivity index (χ4v) is 2.85. The van der Waals surface area contributed by atoms with E-state index in [2.05, 4.69) is 4.98 Å². The van der Waals surface area contributed by atoms with Crippen molar-refractivity contribution in [3.8, 4) is 0 Å². The minimum Gasteiger partial charge on any atom is -0.337 e. The van der Waals surface area contributed by atoms with E-state index in [0.717, 1.165) is 0 Å². The highest BCUT2D eigenvalue weighted by molar-refractivity contribution is 7.91. The third kappa shape index (κ3) is 4.47. The van der Waals surface area contributed by atoms with Crippen molar-refractivity contribution in [1.82, 2.24) is 9.88 Å². The van der Waals surface area contributed by atoms with Gasteiger partial charge in [0.05, 0.1) is 5.75 Å². The second kappa shape index (κ2) is 6.34. The molecule has 1 rings (SSSR count). The van der Waals surface area contributed by atoms with E-state index in [1.54, 1.807) is 27.0 Å². The lowest BCUT2D eigenvalue weighted by Gasteiger charge is -2.24. The smallest absolute Gasteiger partial charge is 0.272 e. The lowest BCUT2D eigenvalue weighted by Crippen LogP contribution is -2.40. The van der Waals surface area contributed by atoms with Crippen LogP contribution in [0.25, 0.3) is 0 Å². The van der Waals surface area contributed by atoms with Crippen LogP contribution in [-0.2, 0) is 9.84 Å². The predicted molar refractivity (Wildman–Crippen MR) is 75.1 cm³/mol. The highest BCUT2D eigenvalue weighted by Gasteiger charge is 2.23. The van der Waals surface area contributed by atoms with Crippen LogP contribution in [0.5, 0.6) is 0 Å². The van der Waals surface area contributed by atoms with E-state index < -0.39 is 15.9 Å². The summed E-state index contributed by atoms with van der Waals surface area (Å²) in [5.41, 5.74) is 0.204. The summed E-state index contributed by atoms with van der Waals surface area (Å²) >= 11 is 5.80. The van der Waals surface area contributed by atoms with E-state index >= 15 is 0 Å². The van der Waals surface area contributed by atoms with Crippen LogP contribution < -0.4 is 0 Å². The Kier molecular flexibility index (Phi) is 5.31. The van der Waals surface area contributed by atoms with Crippen LogP contribution in [0, 0.1) is 0 Å². The highest BCUT2D eigenvalue weighted by atomic mass is 35.5. The maximum atomic E-state index is 12.1. The number of amides is 1. The first-order valence-corrected chi connectivity index (χ1v) is 8.06. The largest absolute Gasteiger partial charge is 0.337 e. The topological polar surface area (TPSA) is 67.3 Å². The van der Waals surface area contributed by atoms with Crippen LogP contribution >= 0.6 is 11.6 Å². The fourth-order valence-electron chi connectivity index (χ4n) is 1.50. The molecule has 1 aromatic heterocycles. The maximum absolute atomic E-state index is 12.1. The minimum atomic E-state index is -3.13. The quantitative estimate of drug-likeness (QED) is 0.829. The van der Waals surface area contributed by atoms with Gasteiger partial charge >= 0.3 is 0 Å². The average molecular weight is 305 g/mol. The fraction of sp³-hybridized carbons (Fsp3) is 0.500. The number of rotatable bonds is 5. The summed E-state index contributed by atoms with van der Waals surface area (Å²) in [7, 11) is -1.57. The molecule has 1 atom stereocenters. The normalized spacial score (nSPS) is 13.1. The molecule has 7 heteroatoms. The zero-order chi connectivity index (χ0) is 14.6. The third-order valence-corrected chi connectivity index (χ3v) is 4.96. The van der Waals surface area contributed by atoms with Crippen molar-refractivity contribution in [1.29, 1.82) is 0 Å². The molecule has 0 spiro atoms. The number of nitrogens with zero attached hydrogens (tertiary/aromatic N) is 2. The number of hydrogen-bond acceptors (Lipinski definition) is 4. The summed E-state index contributed by atoms with van der Waals surface area (Å²) in [5.74, 6) is -0.345. The molecule has 5 nitrogen and oxygen atoms in total. The first-order valence-electron chi connectivity index (χ1n) is 5.86. The monoisotopic (exact) mass is 304 g/mol. The van der Waals surface area contributed by atoms with Gasteiger partial charge in [0.2, 0.25) is 0 Å². The molecule has 0 N–H and O–H groups in total. The van der Waals surface area contributed by atoms with Crippen LogP contribution in [0.2, 0.25) is 5.02 Å². The Balaban J connectivity index is 2.83. The van der Waals surface area contributed by atoms with Crippen LogP contribution in [0.4, 0.5) is 0 Å². The Morgan fingerprint density at radius 3 is 2.68 bits per heavy atom. The lowest BCUT2D eigenvalue weighted by molar-refractivity contribution is 0.0751. The number of sulfone groups is 1. The second-order valence-corrected chi connectivity index (χ2v) is 7.16. The summed E-state index contributed by atoms with van der Waals surface area (Å²) in [6, 6.07) is 2.61. The van der Waals surface area contributed by atoms with Crippen molar-refractivity contribution in [3.05, 3.63) is 29.0 Å². The molecular formula is C12H17ClN2O3S. The van der Waals surface area contributed by atoms with E-state index in [0.29, 0.717) is 5.02 Å². The molecule has 0 bridgehead atoms. The standard InChI is InChI=1S/C12H17ClN2O3S/c1-4-19(17,18)8-9(2)15(3)12(16)11-7-10(13)5-6-14-11/h5-7,9H,4,8H2,1-3H3/t9-/m1/s1.